The normalized spacial score (nSPS) is 11.6. The van der Waals surface area contributed by atoms with E-state index in [0.717, 1.165) is 12.1 Å². The van der Waals surface area contributed by atoms with E-state index in [-0.39, 0.29) is 22.2 Å². The molecular weight excluding hydrogens is 417 g/mol. The van der Waals surface area contributed by atoms with Crippen molar-refractivity contribution in [3.63, 3.8) is 0 Å². The van der Waals surface area contributed by atoms with E-state index in [4.69, 9.17) is 16.3 Å². The molecule has 30 heavy (non-hydrogen) atoms. The van der Waals surface area contributed by atoms with Crippen molar-refractivity contribution in [1.82, 2.24) is 4.98 Å². The summed E-state index contributed by atoms with van der Waals surface area (Å²) in [6.45, 7) is 0. The second kappa shape index (κ2) is 7.50. The molecule has 2 aromatic heterocycles. The lowest BCUT2D eigenvalue weighted by molar-refractivity contribution is -0.596. The minimum Gasteiger partial charge on any atom is -0.496 e. The number of benzene rings is 2. The average molecular weight is 432 g/mol. The fourth-order valence-electron chi connectivity index (χ4n) is 3.40. The third kappa shape index (κ3) is 3.52. The Bertz CT molecular complexity index is 1300. The van der Waals surface area contributed by atoms with E-state index < -0.39 is 17.3 Å². The number of hydrogen-bond donors (Lipinski definition) is 1. The third-order valence-corrected chi connectivity index (χ3v) is 4.96. The number of pyridine rings is 2. The molecule has 0 aliphatic carbocycles. The summed E-state index contributed by atoms with van der Waals surface area (Å²) in [5.74, 6) is 0.376. The predicted molar refractivity (Wildman–Crippen MR) is 108 cm³/mol. The average Bonchev–Trinajstić information content (AvgIpc) is 2.72. The second-order valence-electron chi connectivity index (χ2n) is 6.56. The highest BCUT2D eigenvalue weighted by atomic mass is 35.5. The Morgan fingerprint density at radius 3 is 2.43 bits per heavy atom. The number of aromatic nitrogens is 2. The van der Waals surface area contributed by atoms with Crippen molar-refractivity contribution in [3.8, 4) is 22.6 Å². The highest BCUT2D eigenvalue weighted by molar-refractivity contribution is 6.31. The predicted octanol–water partition coefficient (Wildman–Crippen LogP) is 5.15. The number of alkyl halides is 3. The summed E-state index contributed by atoms with van der Waals surface area (Å²) in [4.78, 5) is 15.7. The molecule has 1 N–H and O–H groups in total. The number of methoxy groups -OCH3 is 1. The van der Waals surface area contributed by atoms with Gasteiger partial charge in [0.1, 0.15) is 5.75 Å². The van der Waals surface area contributed by atoms with Crippen LogP contribution < -0.4 is 14.9 Å². The molecule has 0 unspecified atom stereocenters. The molecule has 0 saturated heterocycles. The van der Waals surface area contributed by atoms with Crippen LogP contribution in [0.5, 0.6) is 5.75 Å². The molecule has 0 fully saturated rings. The van der Waals surface area contributed by atoms with E-state index in [1.807, 2.05) is 0 Å². The SMILES string of the molecule is COc1ccc(Cl)cc1-c1c(-[n+]2ccccc2)c(=O)[nH]c2ccc(C(F)(F)F)cc12. The van der Waals surface area contributed by atoms with Crippen LogP contribution in [0.4, 0.5) is 13.2 Å². The minimum atomic E-state index is -4.54. The summed E-state index contributed by atoms with van der Waals surface area (Å²) in [5, 5.41) is 0.576. The van der Waals surface area contributed by atoms with Gasteiger partial charge in [-0.15, -0.1) is 0 Å². The van der Waals surface area contributed by atoms with Gasteiger partial charge in [0.15, 0.2) is 12.4 Å². The molecule has 152 valence electrons. The number of nitrogens with one attached hydrogen (secondary N) is 1. The lowest BCUT2D eigenvalue weighted by atomic mass is 9.96. The van der Waals surface area contributed by atoms with E-state index in [9.17, 15) is 18.0 Å². The molecular formula is C22H15ClF3N2O2+. The van der Waals surface area contributed by atoms with Crippen molar-refractivity contribution in [2.75, 3.05) is 7.11 Å². The maximum absolute atomic E-state index is 13.4. The van der Waals surface area contributed by atoms with Gasteiger partial charge in [-0.3, -0.25) is 4.79 Å². The highest BCUT2D eigenvalue weighted by Crippen LogP contribution is 2.40. The van der Waals surface area contributed by atoms with Gasteiger partial charge in [0.05, 0.1) is 18.2 Å². The maximum atomic E-state index is 13.4. The first-order valence-electron chi connectivity index (χ1n) is 8.87. The number of aromatic amines is 1. The molecule has 2 heterocycles. The van der Waals surface area contributed by atoms with Crippen LogP contribution in [0, 0.1) is 0 Å². The van der Waals surface area contributed by atoms with Gasteiger partial charge >= 0.3 is 11.7 Å². The van der Waals surface area contributed by atoms with Gasteiger partial charge in [-0.25, -0.2) is 0 Å². The van der Waals surface area contributed by atoms with E-state index in [2.05, 4.69) is 4.98 Å². The Balaban J connectivity index is 2.21. The number of ether oxygens (including phenoxy) is 1. The molecule has 0 amide bonds. The Morgan fingerprint density at radius 1 is 1.03 bits per heavy atom. The highest BCUT2D eigenvalue weighted by Gasteiger charge is 2.32. The Morgan fingerprint density at radius 2 is 1.77 bits per heavy atom. The Hall–Kier alpha value is -3.32. The van der Waals surface area contributed by atoms with Crippen LogP contribution in [0.3, 0.4) is 0 Å². The maximum Gasteiger partial charge on any atom is 0.416 e. The molecule has 0 aliphatic heterocycles. The van der Waals surface area contributed by atoms with Crippen LogP contribution in [0.15, 0.2) is 71.8 Å². The summed E-state index contributed by atoms with van der Waals surface area (Å²) in [6.07, 6.45) is -1.25. The number of hydrogen-bond acceptors (Lipinski definition) is 2. The van der Waals surface area contributed by atoms with Crippen molar-refractivity contribution in [3.05, 3.63) is 87.9 Å². The monoisotopic (exact) mass is 431 g/mol. The van der Waals surface area contributed by atoms with E-state index in [1.54, 1.807) is 53.4 Å². The fraction of sp³-hybridized carbons (Fsp3) is 0.0909. The van der Waals surface area contributed by atoms with Crippen LogP contribution in [0.2, 0.25) is 5.02 Å². The van der Waals surface area contributed by atoms with Gasteiger partial charge in [-0.2, -0.15) is 17.7 Å². The Kier molecular flexibility index (Phi) is 4.99. The number of fused-ring (bicyclic) bond motifs is 1. The zero-order valence-electron chi connectivity index (χ0n) is 15.6. The quantitative estimate of drug-likeness (QED) is 0.456. The summed E-state index contributed by atoms with van der Waals surface area (Å²) >= 11 is 6.19. The lowest BCUT2D eigenvalue weighted by Crippen LogP contribution is -2.37. The Labute approximate surface area is 174 Å². The van der Waals surface area contributed by atoms with Crippen LogP contribution in [-0.2, 0) is 6.18 Å². The summed E-state index contributed by atoms with van der Waals surface area (Å²) < 4.78 is 47.3. The number of H-pyrrole nitrogens is 1. The number of nitrogens with zero attached hydrogens (tertiary/aromatic N) is 1. The van der Waals surface area contributed by atoms with Crippen molar-refractivity contribution in [2.45, 2.75) is 6.18 Å². The van der Waals surface area contributed by atoms with Crippen LogP contribution in [0.25, 0.3) is 27.7 Å². The first-order valence-corrected chi connectivity index (χ1v) is 9.25. The molecule has 0 radical (unpaired) electrons. The zero-order valence-corrected chi connectivity index (χ0v) is 16.4. The van der Waals surface area contributed by atoms with E-state index in [0.29, 0.717) is 16.3 Å². The van der Waals surface area contributed by atoms with Crippen molar-refractivity contribution in [2.24, 2.45) is 0 Å². The standard InChI is InChI=1S/C22H14ClF3N2O2/c1-30-18-8-6-14(23)12-16(18)19-15-11-13(22(24,25)26)5-7-17(15)27-21(29)20(19)28-9-3-2-4-10-28/h2-12H,1H3/p+1. The van der Waals surface area contributed by atoms with Crippen LogP contribution >= 0.6 is 11.6 Å². The molecule has 0 atom stereocenters. The molecule has 4 aromatic rings. The summed E-state index contributed by atoms with van der Waals surface area (Å²) in [6, 6.07) is 13.2. The molecule has 4 rings (SSSR count). The first kappa shape index (κ1) is 20.0. The first-order chi connectivity index (χ1) is 14.3. The third-order valence-electron chi connectivity index (χ3n) is 4.72. The largest absolute Gasteiger partial charge is 0.496 e. The van der Waals surface area contributed by atoms with Gasteiger partial charge in [0.25, 0.3) is 5.69 Å². The molecule has 4 nitrogen and oxygen atoms in total. The molecule has 0 bridgehead atoms. The second-order valence-corrected chi connectivity index (χ2v) is 7.00. The van der Waals surface area contributed by atoms with Crippen molar-refractivity contribution < 1.29 is 22.5 Å². The number of halogens is 4. The summed E-state index contributed by atoms with van der Waals surface area (Å²) in [5.41, 5.74) is -0.167. The molecule has 0 saturated carbocycles. The summed E-state index contributed by atoms with van der Waals surface area (Å²) in [7, 11) is 1.44. The van der Waals surface area contributed by atoms with Crippen LogP contribution in [0.1, 0.15) is 5.56 Å². The van der Waals surface area contributed by atoms with Crippen LogP contribution in [-0.4, -0.2) is 12.1 Å². The van der Waals surface area contributed by atoms with E-state index in [1.165, 1.54) is 13.2 Å². The number of rotatable bonds is 3. The minimum absolute atomic E-state index is 0.156. The van der Waals surface area contributed by atoms with Gasteiger partial charge in [0.2, 0.25) is 0 Å². The topological polar surface area (TPSA) is 46.0 Å². The van der Waals surface area contributed by atoms with E-state index >= 15 is 0 Å². The van der Waals surface area contributed by atoms with Gasteiger partial charge in [0, 0.05) is 33.6 Å². The fourth-order valence-corrected chi connectivity index (χ4v) is 3.57. The zero-order chi connectivity index (χ0) is 21.5. The molecule has 8 heteroatoms. The van der Waals surface area contributed by atoms with Crippen molar-refractivity contribution >= 4 is 22.5 Å². The lowest BCUT2D eigenvalue weighted by Gasteiger charge is -2.14. The van der Waals surface area contributed by atoms with Gasteiger partial charge < -0.3 is 9.72 Å². The van der Waals surface area contributed by atoms with Gasteiger partial charge in [-0.05, 0) is 36.4 Å². The van der Waals surface area contributed by atoms with Gasteiger partial charge in [-0.1, -0.05) is 17.7 Å². The molecule has 0 spiro atoms. The molecule has 2 aromatic carbocycles. The van der Waals surface area contributed by atoms with Crippen molar-refractivity contribution in [1.29, 1.82) is 0 Å². The molecule has 0 aliphatic rings. The smallest absolute Gasteiger partial charge is 0.416 e.